The van der Waals surface area contributed by atoms with Crippen LogP contribution in [0.3, 0.4) is 0 Å². The predicted octanol–water partition coefficient (Wildman–Crippen LogP) is 5.85. The fourth-order valence-electron chi connectivity index (χ4n) is 5.47. The molecule has 3 aromatic rings. The van der Waals surface area contributed by atoms with Crippen molar-refractivity contribution in [3.63, 3.8) is 0 Å². The zero-order chi connectivity index (χ0) is 29.0. The van der Waals surface area contributed by atoms with Crippen molar-refractivity contribution >= 4 is 35.2 Å². The van der Waals surface area contributed by atoms with Crippen LogP contribution < -0.4 is 9.80 Å². The molecule has 0 aliphatic carbocycles. The molecule has 0 N–H and O–H groups in total. The highest BCUT2D eigenvalue weighted by Gasteiger charge is 2.64. The van der Waals surface area contributed by atoms with E-state index in [4.69, 9.17) is 4.74 Å². The van der Waals surface area contributed by atoms with E-state index in [1.807, 2.05) is 0 Å². The summed E-state index contributed by atoms with van der Waals surface area (Å²) in [6.45, 7) is 4.82. The van der Waals surface area contributed by atoms with Gasteiger partial charge < -0.3 is 4.74 Å². The second-order valence-corrected chi connectivity index (χ2v) is 10.7. The molecule has 0 radical (unpaired) electrons. The molecule has 2 aliphatic rings. The zero-order valence-corrected chi connectivity index (χ0v) is 21.9. The van der Waals surface area contributed by atoms with Crippen molar-refractivity contribution in [3.8, 4) is 0 Å². The molecule has 206 valence electrons. The monoisotopic (exact) mass is 550 g/mol. The number of hydrogen-bond donors (Lipinski definition) is 0. The first-order chi connectivity index (χ1) is 18.8. The number of alkyl halides is 3. The Morgan fingerprint density at radius 3 is 2.20 bits per heavy atom. The van der Waals surface area contributed by atoms with Gasteiger partial charge in [-0.25, -0.2) is 9.69 Å². The molecule has 5 rings (SSSR count). The molecule has 0 bridgehead atoms. The van der Waals surface area contributed by atoms with Crippen LogP contribution in [0.15, 0.2) is 78.9 Å². The molecule has 2 heterocycles. The number of imide groups is 2. The Hall–Kier alpha value is -4.47. The van der Waals surface area contributed by atoms with Gasteiger partial charge in [-0.3, -0.25) is 19.3 Å². The van der Waals surface area contributed by atoms with Gasteiger partial charge in [-0.2, -0.15) is 13.2 Å². The van der Waals surface area contributed by atoms with Crippen molar-refractivity contribution in [2.24, 2.45) is 5.92 Å². The first-order valence-electron chi connectivity index (χ1n) is 12.5. The minimum Gasteiger partial charge on any atom is -0.443 e. The largest absolute Gasteiger partial charge is 0.443 e. The van der Waals surface area contributed by atoms with E-state index in [9.17, 15) is 32.3 Å². The predicted molar refractivity (Wildman–Crippen MR) is 139 cm³/mol. The van der Waals surface area contributed by atoms with Crippen LogP contribution in [-0.4, -0.2) is 29.4 Å². The van der Waals surface area contributed by atoms with E-state index in [0.717, 1.165) is 28.0 Å². The number of rotatable bonds is 3. The number of carbonyl (C=O) groups excluding carboxylic acids is 4. The molecule has 0 unspecified atom stereocenters. The average Bonchev–Trinajstić information content (AvgIpc) is 3.33. The van der Waals surface area contributed by atoms with Crippen molar-refractivity contribution in [1.82, 2.24) is 0 Å². The van der Waals surface area contributed by atoms with Crippen LogP contribution in [0.5, 0.6) is 0 Å². The number of halogens is 3. The van der Waals surface area contributed by atoms with E-state index in [0.29, 0.717) is 0 Å². The van der Waals surface area contributed by atoms with E-state index in [1.165, 1.54) is 18.2 Å². The van der Waals surface area contributed by atoms with Crippen molar-refractivity contribution in [2.75, 3.05) is 9.80 Å². The summed E-state index contributed by atoms with van der Waals surface area (Å²) in [4.78, 5) is 56.9. The number of nitrogens with zero attached hydrogens (tertiary/aromatic N) is 2. The van der Waals surface area contributed by atoms with Gasteiger partial charge in [-0.05, 0) is 56.2 Å². The summed E-state index contributed by atoms with van der Waals surface area (Å²) in [5.74, 6) is -3.79. The molecule has 3 aromatic carbocycles. The fourth-order valence-corrected chi connectivity index (χ4v) is 5.47. The highest BCUT2D eigenvalue weighted by atomic mass is 19.4. The van der Waals surface area contributed by atoms with Crippen molar-refractivity contribution in [2.45, 2.75) is 44.4 Å². The van der Waals surface area contributed by atoms with Crippen molar-refractivity contribution in [3.05, 3.63) is 95.6 Å². The Balaban J connectivity index is 1.77. The highest BCUT2D eigenvalue weighted by Crippen LogP contribution is 2.54. The normalized spacial score (nSPS) is 21.1. The third-order valence-electron chi connectivity index (χ3n) is 7.02. The molecule has 1 fully saturated rings. The van der Waals surface area contributed by atoms with Crippen LogP contribution >= 0.6 is 0 Å². The molecule has 1 saturated heterocycles. The maximum absolute atomic E-state index is 14.5. The lowest BCUT2D eigenvalue weighted by Gasteiger charge is -2.34. The molecule has 2 atom stereocenters. The number of anilines is 2. The third-order valence-corrected chi connectivity index (χ3v) is 7.02. The van der Waals surface area contributed by atoms with E-state index in [2.05, 4.69) is 0 Å². The van der Waals surface area contributed by atoms with Crippen molar-refractivity contribution < 1.29 is 37.1 Å². The molecule has 0 aromatic heterocycles. The second kappa shape index (κ2) is 9.32. The summed E-state index contributed by atoms with van der Waals surface area (Å²) < 4.78 is 47.1. The van der Waals surface area contributed by atoms with Gasteiger partial charge in [-0.1, -0.05) is 54.6 Å². The van der Waals surface area contributed by atoms with Gasteiger partial charge in [0.2, 0.25) is 11.8 Å². The smallest absolute Gasteiger partial charge is 0.421 e. The lowest BCUT2D eigenvalue weighted by molar-refractivity contribution is -0.138. The zero-order valence-electron chi connectivity index (χ0n) is 21.9. The van der Waals surface area contributed by atoms with Gasteiger partial charge in [0.15, 0.2) is 0 Å². The van der Waals surface area contributed by atoms with Gasteiger partial charge >= 0.3 is 12.3 Å². The summed E-state index contributed by atoms with van der Waals surface area (Å²) in [5, 5.41) is 0. The molecule has 0 saturated carbocycles. The topological polar surface area (TPSA) is 84.0 Å². The number of carbonyl (C=O) groups is 4. The van der Waals surface area contributed by atoms with Gasteiger partial charge in [0.05, 0.1) is 22.9 Å². The van der Waals surface area contributed by atoms with E-state index < -0.39 is 58.9 Å². The quantitative estimate of drug-likeness (QED) is 0.382. The van der Waals surface area contributed by atoms with Crippen LogP contribution in [0.2, 0.25) is 0 Å². The maximum Gasteiger partial charge on any atom is 0.421 e. The molecular formula is C30H25F3N2O5. The maximum atomic E-state index is 14.5. The third kappa shape index (κ3) is 4.24. The number of para-hydroxylation sites is 2. The summed E-state index contributed by atoms with van der Waals surface area (Å²) >= 11 is 0. The lowest BCUT2D eigenvalue weighted by atomic mass is 9.65. The summed E-state index contributed by atoms with van der Waals surface area (Å²) in [6.07, 6.45) is -6.27. The molecule has 2 aliphatic heterocycles. The standard InChI is InChI=1S/C30H25F3N2O5/c1-28(2,3)40-27(39)35-23-15-8-7-14-21(23)29(26(35)38,18-10-9-11-19(16-18)30(31,32)33)22-17-24(36)34(25(22)37)20-12-5-4-6-13-20/h4-16,22H,17H2,1-3H3/t22-,29-/m0/s1. The SMILES string of the molecule is CC(C)(C)OC(=O)N1C(=O)[C@](c2cccc(C(F)(F)F)c2)([C@H]2CC(=O)N(c3ccccc3)C2=O)c2ccccc21. The molecule has 40 heavy (non-hydrogen) atoms. The van der Waals surface area contributed by atoms with Crippen LogP contribution in [0.25, 0.3) is 0 Å². The van der Waals surface area contributed by atoms with Gasteiger partial charge in [-0.15, -0.1) is 0 Å². The Labute approximate surface area is 228 Å². The first kappa shape index (κ1) is 27.1. The number of hydrogen-bond acceptors (Lipinski definition) is 5. The minimum absolute atomic E-state index is 0.0672. The number of ether oxygens (including phenoxy) is 1. The molecule has 7 nitrogen and oxygen atoms in total. The summed E-state index contributed by atoms with van der Waals surface area (Å²) in [5.41, 5.74) is -3.86. The van der Waals surface area contributed by atoms with Crippen LogP contribution in [-0.2, 0) is 30.7 Å². The van der Waals surface area contributed by atoms with Crippen LogP contribution in [0.1, 0.15) is 43.9 Å². The second-order valence-electron chi connectivity index (χ2n) is 10.7. The average molecular weight is 551 g/mol. The van der Waals surface area contributed by atoms with Crippen molar-refractivity contribution in [1.29, 1.82) is 0 Å². The first-order valence-corrected chi connectivity index (χ1v) is 12.5. The minimum atomic E-state index is -4.76. The Morgan fingerprint density at radius 2 is 1.55 bits per heavy atom. The van der Waals surface area contributed by atoms with Gasteiger partial charge in [0.25, 0.3) is 5.91 Å². The fraction of sp³-hybridized carbons (Fsp3) is 0.267. The number of benzene rings is 3. The van der Waals surface area contributed by atoms with E-state index in [-0.39, 0.29) is 22.5 Å². The van der Waals surface area contributed by atoms with Gasteiger partial charge in [0, 0.05) is 6.42 Å². The highest BCUT2D eigenvalue weighted by molar-refractivity contribution is 6.28. The summed E-state index contributed by atoms with van der Waals surface area (Å²) in [6, 6.07) is 18.2. The molecular weight excluding hydrogens is 525 g/mol. The number of amides is 4. The lowest BCUT2D eigenvalue weighted by Crippen LogP contribution is -2.51. The van der Waals surface area contributed by atoms with Crippen LogP contribution in [0.4, 0.5) is 29.3 Å². The molecule has 4 amide bonds. The van der Waals surface area contributed by atoms with E-state index in [1.54, 1.807) is 63.2 Å². The van der Waals surface area contributed by atoms with Crippen LogP contribution in [0, 0.1) is 5.92 Å². The molecule has 0 spiro atoms. The Kier molecular flexibility index (Phi) is 6.32. The number of fused-ring (bicyclic) bond motifs is 1. The van der Waals surface area contributed by atoms with E-state index >= 15 is 0 Å². The van der Waals surface area contributed by atoms with Gasteiger partial charge in [0.1, 0.15) is 11.0 Å². The molecule has 10 heteroatoms. The summed E-state index contributed by atoms with van der Waals surface area (Å²) in [7, 11) is 0. The Morgan fingerprint density at radius 1 is 0.900 bits per heavy atom. The Bertz CT molecular complexity index is 1530.